The fourth-order valence-electron chi connectivity index (χ4n) is 1.63. The van der Waals surface area contributed by atoms with Crippen molar-refractivity contribution in [1.29, 1.82) is 5.26 Å². The second kappa shape index (κ2) is 7.32. The van der Waals surface area contributed by atoms with E-state index >= 15 is 0 Å². The molecule has 5 heteroatoms. The normalized spacial score (nSPS) is 9.71. The predicted molar refractivity (Wildman–Crippen MR) is 80.0 cm³/mol. The summed E-state index contributed by atoms with van der Waals surface area (Å²) >= 11 is 5.79. The van der Waals surface area contributed by atoms with Crippen LogP contribution in [0.4, 0.5) is 0 Å². The lowest BCUT2D eigenvalue weighted by atomic mass is 10.2. The molecule has 2 aromatic carbocycles. The summed E-state index contributed by atoms with van der Waals surface area (Å²) < 4.78 is 5.33. The highest BCUT2D eigenvalue weighted by molar-refractivity contribution is 6.30. The Morgan fingerprint density at radius 3 is 2.43 bits per heavy atom. The molecule has 1 amide bonds. The molecule has 0 aliphatic heterocycles. The number of halogens is 1. The lowest BCUT2D eigenvalue weighted by Gasteiger charge is -2.07. The van der Waals surface area contributed by atoms with Gasteiger partial charge in [0, 0.05) is 11.6 Å². The number of rotatable bonds is 5. The summed E-state index contributed by atoms with van der Waals surface area (Å²) in [7, 11) is 0. The second-order valence-corrected chi connectivity index (χ2v) is 4.76. The number of hydrogen-bond acceptors (Lipinski definition) is 3. The molecule has 0 aliphatic rings. The van der Waals surface area contributed by atoms with Crippen LogP contribution in [-0.4, -0.2) is 12.5 Å². The fraction of sp³-hybridized carbons (Fsp3) is 0.125. The van der Waals surface area contributed by atoms with E-state index in [1.807, 2.05) is 18.2 Å². The molecule has 0 bridgehead atoms. The highest BCUT2D eigenvalue weighted by Crippen LogP contribution is 2.11. The minimum atomic E-state index is -0.214. The summed E-state index contributed by atoms with van der Waals surface area (Å²) in [5.74, 6) is 0.338. The van der Waals surface area contributed by atoms with Crippen LogP contribution in [-0.2, 0) is 11.3 Å². The zero-order chi connectivity index (χ0) is 15.1. The Kier molecular flexibility index (Phi) is 5.19. The number of nitriles is 1. The summed E-state index contributed by atoms with van der Waals surface area (Å²) in [6.45, 7) is 0.353. The molecule has 1 N–H and O–H groups in total. The van der Waals surface area contributed by atoms with Crippen molar-refractivity contribution in [2.75, 3.05) is 6.61 Å². The maximum absolute atomic E-state index is 11.7. The lowest BCUT2D eigenvalue weighted by molar-refractivity contribution is -0.123. The number of nitrogens with one attached hydrogen (secondary N) is 1. The van der Waals surface area contributed by atoms with E-state index in [4.69, 9.17) is 21.6 Å². The Hall–Kier alpha value is -2.51. The van der Waals surface area contributed by atoms with Gasteiger partial charge in [0.1, 0.15) is 5.75 Å². The van der Waals surface area contributed by atoms with Crippen LogP contribution in [0.2, 0.25) is 5.02 Å². The van der Waals surface area contributed by atoms with Crippen LogP contribution in [0.1, 0.15) is 11.1 Å². The zero-order valence-electron chi connectivity index (χ0n) is 11.2. The molecule has 0 heterocycles. The molecule has 0 fully saturated rings. The largest absolute Gasteiger partial charge is 0.484 e. The summed E-state index contributed by atoms with van der Waals surface area (Å²) in [5, 5.41) is 12.1. The van der Waals surface area contributed by atoms with Crippen molar-refractivity contribution in [2.45, 2.75) is 6.54 Å². The molecule has 0 saturated heterocycles. The van der Waals surface area contributed by atoms with Crippen molar-refractivity contribution in [1.82, 2.24) is 5.32 Å². The van der Waals surface area contributed by atoms with E-state index < -0.39 is 0 Å². The summed E-state index contributed by atoms with van der Waals surface area (Å²) in [6.07, 6.45) is 0. The van der Waals surface area contributed by atoms with Crippen LogP contribution in [0.5, 0.6) is 5.75 Å². The molecule has 2 rings (SSSR count). The molecular formula is C16H13ClN2O2. The monoisotopic (exact) mass is 300 g/mol. The van der Waals surface area contributed by atoms with E-state index in [0.717, 1.165) is 5.56 Å². The number of hydrogen-bond donors (Lipinski definition) is 1. The Bertz CT molecular complexity index is 645. The maximum atomic E-state index is 11.7. The third kappa shape index (κ3) is 4.83. The van der Waals surface area contributed by atoms with Crippen molar-refractivity contribution in [2.24, 2.45) is 0 Å². The summed E-state index contributed by atoms with van der Waals surface area (Å²) in [4.78, 5) is 11.7. The minimum absolute atomic E-state index is 0.0700. The van der Waals surface area contributed by atoms with Gasteiger partial charge >= 0.3 is 0 Å². The zero-order valence-corrected chi connectivity index (χ0v) is 11.9. The van der Waals surface area contributed by atoms with Gasteiger partial charge in [-0.25, -0.2) is 0 Å². The number of nitrogens with zero attached hydrogens (tertiary/aromatic N) is 1. The van der Waals surface area contributed by atoms with Crippen molar-refractivity contribution in [3.05, 3.63) is 64.7 Å². The highest BCUT2D eigenvalue weighted by Gasteiger charge is 2.03. The summed E-state index contributed by atoms with van der Waals surface area (Å²) in [6, 6.07) is 15.9. The van der Waals surface area contributed by atoms with Crippen LogP contribution < -0.4 is 10.1 Å². The standard InChI is InChI=1S/C16H13ClN2O2/c17-14-5-1-13(2-6-14)10-19-16(20)11-21-15-7-3-12(9-18)4-8-15/h1-8H,10-11H2,(H,19,20). The first-order chi connectivity index (χ1) is 10.2. The van der Waals surface area contributed by atoms with Gasteiger partial charge in [0.05, 0.1) is 11.6 Å². The molecule has 0 aliphatic carbocycles. The maximum Gasteiger partial charge on any atom is 0.258 e. The first-order valence-corrected chi connectivity index (χ1v) is 6.69. The van der Waals surface area contributed by atoms with Crippen molar-refractivity contribution in [3.63, 3.8) is 0 Å². The average molecular weight is 301 g/mol. The molecule has 0 aromatic heterocycles. The Labute approximate surface area is 127 Å². The Morgan fingerprint density at radius 1 is 1.14 bits per heavy atom. The quantitative estimate of drug-likeness (QED) is 0.923. The molecule has 0 saturated carbocycles. The first-order valence-electron chi connectivity index (χ1n) is 6.31. The second-order valence-electron chi connectivity index (χ2n) is 4.33. The first kappa shape index (κ1) is 14.9. The van der Waals surface area contributed by atoms with E-state index in [0.29, 0.717) is 22.9 Å². The number of amides is 1. The SMILES string of the molecule is N#Cc1ccc(OCC(=O)NCc2ccc(Cl)cc2)cc1. The van der Waals surface area contributed by atoms with Crippen molar-refractivity contribution >= 4 is 17.5 Å². The van der Waals surface area contributed by atoms with Gasteiger partial charge < -0.3 is 10.1 Å². The van der Waals surface area contributed by atoms with Crippen molar-refractivity contribution in [3.8, 4) is 11.8 Å². The minimum Gasteiger partial charge on any atom is -0.484 e. The van der Waals surface area contributed by atoms with E-state index in [1.54, 1.807) is 36.4 Å². The molecule has 0 unspecified atom stereocenters. The summed E-state index contributed by atoms with van der Waals surface area (Å²) in [5.41, 5.74) is 1.51. The molecule has 21 heavy (non-hydrogen) atoms. The van der Waals surface area contributed by atoms with Crippen LogP contribution in [0.15, 0.2) is 48.5 Å². The van der Waals surface area contributed by atoms with Crippen LogP contribution in [0, 0.1) is 11.3 Å². The van der Waals surface area contributed by atoms with Gasteiger partial charge in [0.2, 0.25) is 0 Å². The average Bonchev–Trinajstić information content (AvgIpc) is 2.53. The van der Waals surface area contributed by atoms with Gasteiger partial charge in [0.15, 0.2) is 6.61 Å². The molecular weight excluding hydrogens is 288 g/mol. The molecule has 0 radical (unpaired) electrons. The predicted octanol–water partition coefficient (Wildman–Crippen LogP) is 2.91. The van der Waals surface area contributed by atoms with Gasteiger partial charge in [0.25, 0.3) is 5.91 Å². The van der Waals surface area contributed by atoms with Gasteiger partial charge in [-0.1, -0.05) is 23.7 Å². The molecule has 0 spiro atoms. The van der Waals surface area contributed by atoms with Gasteiger partial charge in [-0.2, -0.15) is 5.26 Å². The fourth-order valence-corrected chi connectivity index (χ4v) is 1.75. The molecule has 106 valence electrons. The van der Waals surface area contributed by atoms with Gasteiger partial charge in [-0.05, 0) is 42.0 Å². The third-order valence-electron chi connectivity index (χ3n) is 2.76. The smallest absolute Gasteiger partial charge is 0.258 e. The third-order valence-corrected chi connectivity index (χ3v) is 3.01. The molecule has 2 aromatic rings. The highest BCUT2D eigenvalue weighted by atomic mass is 35.5. The van der Waals surface area contributed by atoms with Crippen LogP contribution >= 0.6 is 11.6 Å². The number of carbonyl (C=O) groups excluding carboxylic acids is 1. The number of carbonyl (C=O) groups is 1. The van der Waals surface area contributed by atoms with Crippen LogP contribution in [0.25, 0.3) is 0 Å². The van der Waals surface area contributed by atoms with Crippen LogP contribution in [0.3, 0.4) is 0 Å². The van der Waals surface area contributed by atoms with E-state index in [1.165, 1.54) is 0 Å². The number of ether oxygens (including phenoxy) is 1. The lowest BCUT2D eigenvalue weighted by Crippen LogP contribution is -2.28. The van der Waals surface area contributed by atoms with E-state index in [2.05, 4.69) is 5.32 Å². The number of benzene rings is 2. The van der Waals surface area contributed by atoms with E-state index in [-0.39, 0.29) is 12.5 Å². The van der Waals surface area contributed by atoms with E-state index in [9.17, 15) is 4.79 Å². The van der Waals surface area contributed by atoms with Crippen molar-refractivity contribution < 1.29 is 9.53 Å². The Morgan fingerprint density at radius 2 is 1.81 bits per heavy atom. The topological polar surface area (TPSA) is 62.1 Å². The molecule has 0 atom stereocenters. The van der Waals surface area contributed by atoms with Gasteiger partial charge in [-0.3, -0.25) is 4.79 Å². The van der Waals surface area contributed by atoms with Gasteiger partial charge in [-0.15, -0.1) is 0 Å². The molecule has 4 nitrogen and oxygen atoms in total. The Balaban J connectivity index is 1.76.